The third kappa shape index (κ3) is 4.11. The number of nitrogens with one attached hydrogen (secondary N) is 1. The summed E-state index contributed by atoms with van der Waals surface area (Å²) in [5.74, 6) is 0. The summed E-state index contributed by atoms with van der Waals surface area (Å²) in [6, 6.07) is 19.0. The van der Waals surface area contributed by atoms with Crippen LogP contribution in [-0.4, -0.2) is 14.6 Å². The summed E-state index contributed by atoms with van der Waals surface area (Å²) in [5, 5.41) is 3.95. The minimum atomic E-state index is -4.46. The lowest BCUT2D eigenvalue weighted by Gasteiger charge is -2.10. The Balaban J connectivity index is 1.83. The van der Waals surface area contributed by atoms with Crippen LogP contribution < -0.4 is 5.56 Å². The second kappa shape index (κ2) is 8.59. The topological polar surface area (TPSA) is 50.2 Å². The van der Waals surface area contributed by atoms with Crippen LogP contribution >= 0.6 is 23.2 Å². The molecule has 4 nitrogen and oxygen atoms in total. The van der Waals surface area contributed by atoms with E-state index in [2.05, 4.69) is 5.10 Å². The maximum atomic E-state index is 13.4. The number of halogens is 5. The standard InChI is InChI=1S/C26H16Cl2F3N3O/c1-14-22(16-7-9-17(10-8-16)26(29,30)31)32-24-21(19-12-11-18(27)13-20(19)28)23(33-34(24)25(14)35)15-5-3-2-4-6-15/h2-13,33H,1H3. The molecule has 9 heteroatoms. The number of nitrogens with zero attached hydrogens (tertiary/aromatic N) is 2. The highest BCUT2D eigenvalue weighted by molar-refractivity contribution is 6.36. The van der Waals surface area contributed by atoms with Crippen molar-refractivity contribution in [1.82, 2.24) is 14.6 Å². The van der Waals surface area contributed by atoms with E-state index in [1.165, 1.54) is 16.6 Å². The summed E-state index contributed by atoms with van der Waals surface area (Å²) in [6.07, 6.45) is -4.46. The van der Waals surface area contributed by atoms with Crippen LogP contribution in [0.25, 0.3) is 39.3 Å². The number of H-pyrrole nitrogens is 1. The summed E-state index contributed by atoms with van der Waals surface area (Å²) in [5.41, 5.74) is 2.69. The highest BCUT2D eigenvalue weighted by Gasteiger charge is 2.30. The van der Waals surface area contributed by atoms with Gasteiger partial charge in [-0.2, -0.15) is 13.2 Å². The summed E-state index contributed by atoms with van der Waals surface area (Å²) < 4.78 is 40.5. The zero-order valence-electron chi connectivity index (χ0n) is 18.1. The van der Waals surface area contributed by atoms with Gasteiger partial charge in [-0.3, -0.25) is 9.89 Å². The van der Waals surface area contributed by atoms with Crippen molar-refractivity contribution in [2.45, 2.75) is 13.1 Å². The molecule has 0 saturated carbocycles. The smallest absolute Gasteiger partial charge is 0.288 e. The average Bonchev–Trinajstić information content (AvgIpc) is 3.21. The van der Waals surface area contributed by atoms with Gasteiger partial charge >= 0.3 is 6.18 Å². The Morgan fingerprint density at radius 3 is 2.23 bits per heavy atom. The van der Waals surface area contributed by atoms with Crippen molar-refractivity contribution in [3.63, 3.8) is 0 Å². The van der Waals surface area contributed by atoms with Crippen LogP contribution in [0.5, 0.6) is 0 Å². The van der Waals surface area contributed by atoms with Crippen molar-refractivity contribution in [2.75, 3.05) is 0 Å². The summed E-state index contributed by atoms with van der Waals surface area (Å²) in [7, 11) is 0. The lowest BCUT2D eigenvalue weighted by Crippen LogP contribution is -2.19. The fraction of sp³-hybridized carbons (Fsp3) is 0.0769. The molecule has 0 fully saturated rings. The molecule has 176 valence electrons. The van der Waals surface area contributed by atoms with Crippen LogP contribution in [0.1, 0.15) is 11.1 Å². The first-order valence-corrected chi connectivity index (χ1v) is 11.2. The predicted molar refractivity (Wildman–Crippen MR) is 132 cm³/mol. The van der Waals surface area contributed by atoms with Gasteiger partial charge in [-0.25, -0.2) is 9.50 Å². The number of rotatable bonds is 3. The highest BCUT2D eigenvalue weighted by atomic mass is 35.5. The first kappa shape index (κ1) is 23.2. The molecule has 0 bridgehead atoms. The average molecular weight is 514 g/mol. The highest BCUT2D eigenvalue weighted by Crippen LogP contribution is 2.39. The van der Waals surface area contributed by atoms with Gasteiger partial charge in [-0.15, -0.1) is 0 Å². The molecule has 0 amide bonds. The van der Waals surface area contributed by atoms with Crippen LogP contribution in [0.15, 0.2) is 77.6 Å². The third-order valence-electron chi connectivity index (χ3n) is 5.75. The Labute approximate surface area is 207 Å². The van der Waals surface area contributed by atoms with Gasteiger partial charge in [-0.05, 0) is 31.2 Å². The molecular weight excluding hydrogens is 498 g/mol. The molecule has 0 atom stereocenters. The lowest BCUT2D eigenvalue weighted by atomic mass is 10.0. The largest absolute Gasteiger partial charge is 0.416 e. The molecule has 0 aliphatic rings. The van der Waals surface area contributed by atoms with Crippen LogP contribution in [0.2, 0.25) is 10.0 Å². The van der Waals surface area contributed by atoms with Crippen molar-refractivity contribution in [2.24, 2.45) is 0 Å². The Kier molecular flexibility index (Phi) is 5.69. The Bertz CT molecular complexity index is 1620. The van der Waals surface area contributed by atoms with E-state index in [0.717, 1.165) is 17.7 Å². The van der Waals surface area contributed by atoms with Crippen molar-refractivity contribution in [3.8, 4) is 33.6 Å². The van der Waals surface area contributed by atoms with Gasteiger partial charge in [-0.1, -0.05) is 71.7 Å². The zero-order chi connectivity index (χ0) is 24.9. The molecule has 0 unspecified atom stereocenters. The molecular formula is C26H16Cl2F3N3O. The maximum Gasteiger partial charge on any atom is 0.416 e. The van der Waals surface area contributed by atoms with E-state index < -0.39 is 11.7 Å². The second-order valence-corrected chi connectivity index (χ2v) is 8.82. The first-order valence-electron chi connectivity index (χ1n) is 10.5. The number of fused-ring (bicyclic) bond motifs is 1. The summed E-state index contributed by atoms with van der Waals surface area (Å²) in [6.45, 7) is 1.59. The molecule has 0 radical (unpaired) electrons. The minimum absolute atomic E-state index is 0.286. The predicted octanol–water partition coefficient (Wildman–Crippen LogP) is 7.66. The number of hydrogen-bond acceptors (Lipinski definition) is 2. The molecule has 0 saturated heterocycles. The molecule has 2 aromatic heterocycles. The van der Waals surface area contributed by atoms with Gasteiger partial charge in [0.2, 0.25) is 0 Å². The SMILES string of the molecule is Cc1c(-c2ccc(C(F)(F)F)cc2)nc2c(-c3ccc(Cl)cc3Cl)c(-c3ccccc3)[nH]n2c1=O. The summed E-state index contributed by atoms with van der Waals surface area (Å²) in [4.78, 5) is 18.1. The molecule has 35 heavy (non-hydrogen) atoms. The van der Waals surface area contributed by atoms with Crippen LogP contribution in [0.4, 0.5) is 13.2 Å². The molecule has 5 rings (SSSR count). The summed E-state index contributed by atoms with van der Waals surface area (Å²) >= 11 is 12.7. The van der Waals surface area contributed by atoms with Gasteiger partial charge in [0.15, 0.2) is 5.65 Å². The van der Waals surface area contributed by atoms with Gasteiger partial charge < -0.3 is 0 Å². The normalized spacial score (nSPS) is 11.8. The minimum Gasteiger partial charge on any atom is -0.288 e. The number of aromatic nitrogens is 3. The number of hydrogen-bond donors (Lipinski definition) is 1. The van der Waals surface area contributed by atoms with E-state index in [-0.39, 0.29) is 16.8 Å². The van der Waals surface area contributed by atoms with E-state index in [4.69, 9.17) is 28.2 Å². The van der Waals surface area contributed by atoms with Crippen molar-refractivity contribution in [1.29, 1.82) is 0 Å². The van der Waals surface area contributed by atoms with E-state index in [9.17, 15) is 18.0 Å². The molecule has 0 aliphatic heterocycles. The third-order valence-corrected chi connectivity index (χ3v) is 6.30. The van der Waals surface area contributed by atoms with E-state index in [1.54, 1.807) is 25.1 Å². The maximum absolute atomic E-state index is 13.4. The molecule has 0 aliphatic carbocycles. The van der Waals surface area contributed by atoms with Gasteiger partial charge in [0, 0.05) is 27.3 Å². The van der Waals surface area contributed by atoms with Gasteiger partial charge in [0.05, 0.1) is 27.5 Å². The fourth-order valence-corrected chi connectivity index (χ4v) is 4.52. The first-order chi connectivity index (χ1) is 16.6. The van der Waals surface area contributed by atoms with E-state index in [1.807, 2.05) is 30.3 Å². The van der Waals surface area contributed by atoms with Crippen LogP contribution in [0.3, 0.4) is 0 Å². The van der Waals surface area contributed by atoms with Crippen LogP contribution in [-0.2, 0) is 6.18 Å². The quantitative estimate of drug-likeness (QED) is 0.269. The van der Waals surface area contributed by atoms with Crippen molar-refractivity contribution in [3.05, 3.63) is 104 Å². The molecule has 5 aromatic rings. The molecule has 2 heterocycles. The Hall–Kier alpha value is -3.55. The zero-order valence-corrected chi connectivity index (χ0v) is 19.6. The van der Waals surface area contributed by atoms with Crippen LogP contribution in [0, 0.1) is 6.92 Å². The van der Waals surface area contributed by atoms with E-state index in [0.29, 0.717) is 38.1 Å². The van der Waals surface area contributed by atoms with Crippen molar-refractivity contribution >= 4 is 28.8 Å². The van der Waals surface area contributed by atoms with Crippen molar-refractivity contribution < 1.29 is 13.2 Å². The lowest BCUT2D eigenvalue weighted by molar-refractivity contribution is -0.137. The monoisotopic (exact) mass is 513 g/mol. The molecule has 1 N–H and O–H groups in total. The fourth-order valence-electron chi connectivity index (χ4n) is 4.02. The Morgan fingerprint density at radius 1 is 0.914 bits per heavy atom. The molecule has 3 aromatic carbocycles. The number of aromatic amines is 1. The van der Waals surface area contributed by atoms with Gasteiger partial charge in [0.25, 0.3) is 5.56 Å². The number of alkyl halides is 3. The van der Waals surface area contributed by atoms with Gasteiger partial charge in [0.1, 0.15) is 0 Å². The second-order valence-electron chi connectivity index (χ2n) is 7.98. The Morgan fingerprint density at radius 2 is 1.60 bits per heavy atom. The molecule has 0 spiro atoms. The van der Waals surface area contributed by atoms with E-state index >= 15 is 0 Å². The number of benzene rings is 3.